The summed E-state index contributed by atoms with van der Waals surface area (Å²) in [6, 6.07) is 0. The topological polar surface area (TPSA) is 9.23 Å². The van der Waals surface area contributed by atoms with Crippen LogP contribution >= 0.6 is 11.8 Å². The average molecular weight is 204 g/mol. The molecule has 72 valence electrons. The molecular weight excluding hydrogens is 184 g/mol. The molecule has 0 aliphatic carbocycles. The number of hydrogen-bond acceptors (Lipinski definition) is 2. The molecule has 1 aliphatic heterocycles. The van der Waals surface area contributed by atoms with Gasteiger partial charge in [-0.2, -0.15) is 0 Å². The van der Waals surface area contributed by atoms with Crippen LogP contribution < -0.4 is 0 Å². The van der Waals surface area contributed by atoms with E-state index in [0.29, 0.717) is 5.44 Å². The van der Waals surface area contributed by atoms with Gasteiger partial charge >= 0.3 is 0 Å². The summed E-state index contributed by atoms with van der Waals surface area (Å²) >= 11 is 2.04. The van der Waals surface area contributed by atoms with Gasteiger partial charge in [-0.15, -0.1) is 11.8 Å². The summed E-state index contributed by atoms with van der Waals surface area (Å²) in [5.74, 6) is 0. The third kappa shape index (κ3) is 4.53. The lowest BCUT2D eigenvalue weighted by Gasteiger charge is -2.25. The molecule has 0 N–H and O–H groups in total. The van der Waals surface area contributed by atoms with Gasteiger partial charge in [-0.05, 0) is 24.6 Å². The van der Waals surface area contributed by atoms with Crippen LogP contribution in [0.3, 0.4) is 0 Å². The third-order valence-corrected chi connectivity index (χ3v) is 6.71. The Bertz CT molecular complexity index is 127. The monoisotopic (exact) mass is 204 g/mol. The maximum absolute atomic E-state index is 5.66. The summed E-state index contributed by atoms with van der Waals surface area (Å²) < 4.78 is 5.66. The van der Waals surface area contributed by atoms with Gasteiger partial charge in [-0.1, -0.05) is 19.6 Å². The lowest BCUT2D eigenvalue weighted by Crippen LogP contribution is -2.27. The molecule has 0 amide bonds. The van der Waals surface area contributed by atoms with Crippen LogP contribution in [0.1, 0.15) is 19.3 Å². The van der Waals surface area contributed by atoms with Gasteiger partial charge in [-0.25, -0.2) is 0 Å². The molecule has 0 aromatic carbocycles. The molecule has 0 radical (unpaired) electrons. The summed E-state index contributed by atoms with van der Waals surface area (Å²) in [5, 5.41) is 1.34. The van der Waals surface area contributed by atoms with Crippen LogP contribution in [0.15, 0.2) is 0 Å². The zero-order valence-electron chi connectivity index (χ0n) is 8.43. The van der Waals surface area contributed by atoms with Gasteiger partial charge in [0.2, 0.25) is 0 Å². The van der Waals surface area contributed by atoms with E-state index in [0.717, 1.165) is 6.61 Å². The van der Waals surface area contributed by atoms with Gasteiger partial charge in [0, 0.05) is 6.61 Å². The Kier molecular flexibility index (Phi) is 4.13. The van der Waals surface area contributed by atoms with Crippen LogP contribution in [0.5, 0.6) is 0 Å². The Morgan fingerprint density at radius 2 is 2.08 bits per heavy atom. The van der Waals surface area contributed by atoms with Crippen molar-refractivity contribution in [2.75, 3.05) is 12.0 Å². The van der Waals surface area contributed by atoms with Crippen LogP contribution in [0, 0.1) is 0 Å². The maximum atomic E-state index is 5.66. The molecule has 0 aromatic rings. The van der Waals surface area contributed by atoms with Crippen molar-refractivity contribution in [1.29, 1.82) is 0 Å². The van der Waals surface area contributed by atoms with Gasteiger partial charge < -0.3 is 4.74 Å². The van der Waals surface area contributed by atoms with Gasteiger partial charge in [0.25, 0.3) is 0 Å². The molecule has 1 saturated heterocycles. The molecule has 0 aromatic heterocycles. The Hall–Kier alpha value is 0.527. The summed E-state index contributed by atoms with van der Waals surface area (Å²) in [5.41, 5.74) is 0.519. The summed E-state index contributed by atoms with van der Waals surface area (Å²) in [7, 11) is -0.858. The van der Waals surface area contributed by atoms with Crippen molar-refractivity contribution in [1.82, 2.24) is 0 Å². The molecule has 1 fully saturated rings. The fraction of sp³-hybridized carbons (Fsp3) is 1.00. The first-order valence-corrected chi connectivity index (χ1v) is 9.57. The third-order valence-electron chi connectivity index (χ3n) is 1.84. The predicted molar refractivity (Wildman–Crippen MR) is 59.4 cm³/mol. The molecule has 1 unspecified atom stereocenters. The molecule has 0 spiro atoms. The van der Waals surface area contributed by atoms with Crippen molar-refractivity contribution in [3.8, 4) is 0 Å². The van der Waals surface area contributed by atoms with Crippen molar-refractivity contribution in [2.24, 2.45) is 0 Å². The SMILES string of the molecule is C[Si](C)(C)CSC1CCCCO1. The second-order valence-corrected chi connectivity index (χ2v) is 11.8. The minimum atomic E-state index is -0.858. The molecule has 1 heterocycles. The fourth-order valence-electron chi connectivity index (χ4n) is 1.19. The van der Waals surface area contributed by atoms with Crippen molar-refractivity contribution >= 4 is 19.8 Å². The van der Waals surface area contributed by atoms with E-state index in [4.69, 9.17) is 4.74 Å². The first-order valence-electron chi connectivity index (χ1n) is 4.81. The molecule has 12 heavy (non-hydrogen) atoms. The second-order valence-electron chi connectivity index (χ2n) is 4.67. The molecular formula is C9H20OSSi. The Labute approximate surface area is 81.3 Å². The minimum absolute atomic E-state index is 0.519. The lowest BCUT2D eigenvalue weighted by molar-refractivity contribution is 0.0730. The molecule has 1 aliphatic rings. The highest BCUT2D eigenvalue weighted by Crippen LogP contribution is 2.25. The van der Waals surface area contributed by atoms with E-state index in [1.165, 1.54) is 24.6 Å². The normalized spacial score (nSPS) is 25.8. The number of rotatable bonds is 3. The Morgan fingerprint density at radius 3 is 2.58 bits per heavy atom. The first-order chi connectivity index (χ1) is 5.58. The zero-order chi connectivity index (χ0) is 9.03. The second kappa shape index (κ2) is 4.68. The molecule has 1 rings (SSSR count). The van der Waals surface area contributed by atoms with Crippen LogP contribution in [0.4, 0.5) is 0 Å². The molecule has 0 bridgehead atoms. The fourth-order valence-corrected chi connectivity index (χ4v) is 4.45. The van der Waals surface area contributed by atoms with Crippen LogP contribution in [0.2, 0.25) is 19.6 Å². The van der Waals surface area contributed by atoms with E-state index in [9.17, 15) is 0 Å². The van der Waals surface area contributed by atoms with E-state index >= 15 is 0 Å². The standard InChI is InChI=1S/C9H20OSSi/c1-12(2,3)8-11-9-6-4-5-7-10-9/h9H,4-8H2,1-3H3. The van der Waals surface area contributed by atoms with E-state index < -0.39 is 8.07 Å². The average Bonchev–Trinajstić information content (AvgIpc) is 2.02. The molecule has 1 nitrogen and oxygen atoms in total. The van der Waals surface area contributed by atoms with E-state index in [2.05, 4.69) is 19.6 Å². The number of hydrogen-bond donors (Lipinski definition) is 0. The zero-order valence-corrected chi connectivity index (χ0v) is 10.2. The minimum Gasteiger partial charge on any atom is -0.368 e. The van der Waals surface area contributed by atoms with Crippen molar-refractivity contribution in [2.45, 2.75) is 44.3 Å². The van der Waals surface area contributed by atoms with Gasteiger partial charge in [0.05, 0.1) is 8.07 Å². The summed E-state index contributed by atoms with van der Waals surface area (Å²) in [6.45, 7) is 8.25. The smallest absolute Gasteiger partial charge is 0.102 e. The molecule has 0 saturated carbocycles. The molecule has 1 atom stereocenters. The quantitative estimate of drug-likeness (QED) is 0.653. The summed E-state index contributed by atoms with van der Waals surface area (Å²) in [4.78, 5) is 0. The van der Waals surface area contributed by atoms with Crippen molar-refractivity contribution in [3.05, 3.63) is 0 Å². The first kappa shape index (κ1) is 10.6. The van der Waals surface area contributed by atoms with Gasteiger partial charge in [-0.3, -0.25) is 0 Å². The van der Waals surface area contributed by atoms with Crippen LogP contribution in [0.25, 0.3) is 0 Å². The molecule has 3 heteroatoms. The highest BCUT2D eigenvalue weighted by atomic mass is 32.2. The maximum Gasteiger partial charge on any atom is 0.102 e. The number of thioether (sulfide) groups is 1. The predicted octanol–water partition coefficient (Wildman–Crippen LogP) is 3.12. The van der Waals surface area contributed by atoms with Gasteiger partial charge in [0.15, 0.2) is 0 Å². The Balaban J connectivity index is 2.13. The summed E-state index contributed by atoms with van der Waals surface area (Å²) in [6.07, 6.45) is 3.91. The lowest BCUT2D eigenvalue weighted by atomic mass is 10.2. The Morgan fingerprint density at radius 1 is 1.33 bits per heavy atom. The van der Waals surface area contributed by atoms with E-state index in [-0.39, 0.29) is 0 Å². The van der Waals surface area contributed by atoms with Crippen LogP contribution in [-0.2, 0) is 4.74 Å². The van der Waals surface area contributed by atoms with Crippen molar-refractivity contribution < 1.29 is 4.74 Å². The van der Waals surface area contributed by atoms with E-state index in [1.807, 2.05) is 11.8 Å². The van der Waals surface area contributed by atoms with E-state index in [1.54, 1.807) is 0 Å². The van der Waals surface area contributed by atoms with Gasteiger partial charge in [0.1, 0.15) is 5.44 Å². The van der Waals surface area contributed by atoms with Crippen LogP contribution in [-0.4, -0.2) is 25.5 Å². The highest BCUT2D eigenvalue weighted by molar-refractivity contribution is 8.01. The largest absolute Gasteiger partial charge is 0.368 e. The number of ether oxygens (including phenoxy) is 1. The highest BCUT2D eigenvalue weighted by Gasteiger charge is 2.19. The van der Waals surface area contributed by atoms with Crippen molar-refractivity contribution in [3.63, 3.8) is 0 Å².